The number of hydrogen-bond donors (Lipinski definition) is 0. The molecule has 30 heavy (non-hydrogen) atoms. The van der Waals surface area contributed by atoms with Crippen molar-refractivity contribution in [3.63, 3.8) is 0 Å². The summed E-state index contributed by atoms with van der Waals surface area (Å²) < 4.78 is 4.38. The second-order valence-electron chi connectivity index (χ2n) is 7.31. The quantitative estimate of drug-likeness (QED) is 0.383. The summed E-state index contributed by atoms with van der Waals surface area (Å²) in [5.74, 6) is 1.98. The number of benzene rings is 3. The van der Waals surface area contributed by atoms with E-state index in [2.05, 4.69) is 67.6 Å². The third-order valence-corrected chi connectivity index (χ3v) is 5.22. The molecule has 3 aromatic carbocycles. The van der Waals surface area contributed by atoms with Gasteiger partial charge in [0, 0.05) is 49.0 Å². The summed E-state index contributed by atoms with van der Waals surface area (Å²) in [5.41, 5.74) is 4.77. The van der Waals surface area contributed by atoms with Crippen LogP contribution in [0.2, 0.25) is 0 Å². The van der Waals surface area contributed by atoms with Gasteiger partial charge < -0.3 is 9.13 Å². The highest BCUT2D eigenvalue weighted by molar-refractivity contribution is 5.56. The molecule has 2 heterocycles. The van der Waals surface area contributed by atoms with Crippen molar-refractivity contribution < 1.29 is 0 Å². The molecule has 4 heteroatoms. The standard InChI is InChI=1S/C26H22N4/c1-3-7-23(8-4-1)25-27-15-17-29(25)19-21-11-13-22(14-12-21)20-30-18-16-28-26(30)24-9-5-2-6-10-24/h1-18H,19-20H2. The lowest BCUT2D eigenvalue weighted by Gasteiger charge is -2.11. The van der Waals surface area contributed by atoms with E-state index in [0.717, 1.165) is 35.9 Å². The monoisotopic (exact) mass is 390 g/mol. The molecule has 146 valence electrons. The van der Waals surface area contributed by atoms with Crippen LogP contribution in [-0.2, 0) is 13.1 Å². The number of nitrogens with zero attached hydrogens (tertiary/aromatic N) is 4. The number of rotatable bonds is 6. The van der Waals surface area contributed by atoms with E-state index < -0.39 is 0 Å². The number of imidazole rings is 2. The molecule has 0 aliphatic heterocycles. The zero-order chi connectivity index (χ0) is 20.2. The summed E-state index contributed by atoms with van der Waals surface area (Å²) in [6.45, 7) is 1.59. The Balaban J connectivity index is 1.32. The lowest BCUT2D eigenvalue weighted by Crippen LogP contribution is -2.03. The van der Waals surface area contributed by atoms with Crippen LogP contribution in [0, 0.1) is 0 Å². The molecule has 0 spiro atoms. The summed E-state index contributed by atoms with van der Waals surface area (Å²) >= 11 is 0. The zero-order valence-corrected chi connectivity index (χ0v) is 16.6. The van der Waals surface area contributed by atoms with Crippen LogP contribution in [0.4, 0.5) is 0 Å². The van der Waals surface area contributed by atoms with E-state index >= 15 is 0 Å². The molecule has 0 saturated carbocycles. The van der Waals surface area contributed by atoms with Gasteiger partial charge in [-0.05, 0) is 11.1 Å². The van der Waals surface area contributed by atoms with Crippen LogP contribution in [0.3, 0.4) is 0 Å². The molecule has 0 unspecified atom stereocenters. The van der Waals surface area contributed by atoms with Crippen molar-refractivity contribution in [2.45, 2.75) is 13.1 Å². The molecule has 0 saturated heterocycles. The first-order valence-electron chi connectivity index (χ1n) is 10.1. The maximum Gasteiger partial charge on any atom is 0.140 e. The van der Waals surface area contributed by atoms with Crippen molar-refractivity contribution in [3.8, 4) is 22.8 Å². The fourth-order valence-corrected chi connectivity index (χ4v) is 3.71. The third kappa shape index (κ3) is 3.80. The summed E-state index contributed by atoms with van der Waals surface area (Å²) in [5, 5.41) is 0. The van der Waals surface area contributed by atoms with E-state index in [1.54, 1.807) is 0 Å². The minimum Gasteiger partial charge on any atom is -0.327 e. The highest BCUT2D eigenvalue weighted by Crippen LogP contribution is 2.20. The number of hydrogen-bond acceptors (Lipinski definition) is 2. The van der Waals surface area contributed by atoms with Crippen LogP contribution in [0.25, 0.3) is 22.8 Å². The van der Waals surface area contributed by atoms with Crippen molar-refractivity contribution in [1.29, 1.82) is 0 Å². The summed E-state index contributed by atoms with van der Waals surface area (Å²) in [7, 11) is 0. The Bertz CT molecular complexity index is 1120. The van der Waals surface area contributed by atoms with E-state index in [0.29, 0.717) is 0 Å². The third-order valence-electron chi connectivity index (χ3n) is 5.22. The molecule has 0 amide bonds. The van der Waals surface area contributed by atoms with Crippen LogP contribution in [0.1, 0.15) is 11.1 Å². The fourth-order valence-electron chi connectivity index (χ4n) is 3.71. The number of aromatic nitrogens is 4. The van der Waals surface area contributed by atoms with Gasteiger partial charge in [-0.15, -0.1) is 0 Å². The Morgan fingerprint density at radius 1 is 0.500 bits per heavy atom. The first kappa shape index (κ1) is 18.1. The lowest BCUT2D eigenvalue weighted by molar-refractivity contribution is 0.794. The van der Waals surface area contributed by atoms with Gasteiger partial charge >= 0.3 is 0 Å². The molecule has 0 radical (unpaired) electrons. The normalized spacial score (nSPS) is 10.9. The Hall–Kier alpha value is -3.92. The summed E-state index contributed by atoms with van der Waals surface area (Å²) in [4.78, 5) is 9.08. The molecular weight excluding hydrogens is 368 g/mol. The molecule has 0 aliphatic carbocycles. The van der Waals surface area contributed by atoms with E-state index in [9.17, 15) is 0 Å². The van der Waals surface area contributed by atoms with Crippen LogP contribution >= 0.6 is 0 Å². The van der Waals surface area contributed by atoms with Crippen molar-refractivity contribution in [3.05, 3.63) is 121 Å². The Labute approximate surface area is 176 Å². The Kier molecular flexibility index (Phi) is 4.96. The van der Waals surface area contributed by atoms with Crippen molar-refractivity contribution in [2.24, 2.45) is 0 Å². The van der Waals surface area contributed by atoms with Gasteiger partial charge in [-0.3, -0.25) is 0 Å². The van der Waals surface area contributed by atoms with E-state index in [-0.39, 0.29) is 0 Å². The van der Waals surface area contributed by atoms with Crippen molar-refractivity contribution >= 4 is 0 Å². The molecule has 5 aromatic rings. The average Bonchev–Trinajstić information content (AvgIpc) is 3.46. The van der Waals surface area contributed by atoms with Gasteiger partial charge in [0.1, 0.15) is 11.6 Å². The SMILES string of the molecule is c1ccc(-c2nccn2Cc2ccc(Cn3ccnc3-c3ccccc3)cc2)cc1. The first-order chi connectivity index (χ1) is 14.9. The van der Waals surface area contributed by atoms with Gasteiger partial charge in [-0.1, -0.05) is 84.9 Å². The van der Waals surface area contributed by atoms with Gasteiger partial charge in [0.15, 0.2) is 0 Å². The van der Waals surface area contributed by atoms with E-state index in [1.165, 1.54) is 11.1 Å². The van der Waals surface area contributed by atoms with Crippen LogP contribution < -0.4 is 0 Å². The van der Waals surface area contributed by atoms with Gasteiger partial charge in [-0.25, -0.2) is 9.97 Å². The molecule has 0 fully saturated rings. The van der Waals surface area contributed by atoms with Gasteiger partial charge in [-0.2, -0.15) is 0 Å². The molecule has 5 rings (SSSR count). The molecule has 0 aliphatic rings. The minimum absolute atomic E-state index is 0.796. The highest BCUT2D eigenvalue weighted by Gasteiger charge is 2.08. The van der Waals surface area contributed by atoms with Crippen LogP contribution in [0.15, 0.2) is 110 Å². The first-order valence-corrected chi connectivity index (χ1v) is 10.1. The second-order valence-corrected chi connectivity index (χ2v) is 7.31. The predicted octanol–water partition coefficient (Wildman–Crippen LogP) is 5.51. The maximum absolute atomic E-state index is 4.54. The Morgan fingerprint density at radius 2 is 0.900 bits per heavy atom. The maximum atomic E-state index is 4.54. The van der Waals surface area contributed by atoms with Crippen molar-refractivity contribution in [2.75, 3.05) is 0 Å². The molecule has 0 N–H and O–H groups in total. The fraction of sp³-hybridized carbons (Fsp3) is 0.0769. The Morgan fingerprint density at radius 3 is 1.30 bits per heavy atom. The second kappa shape index (κ2) is 8.21. The molecule has 0 bridgehead atoms. The summed E-state index contributed by atoms with van der Waals surface area (Å²) in [6, 6.07) is 29.4. The molecule has 2 aromatic heterocycles. The van der Waals surface area contributed by atoms with E-state index in [1.807, 2.05) is 61.2 Å². The largest absolute Gasteiger partial charge is 0.327 e. The van der Waals surface area contributed by atoms with Crippen LogP contribution in [0.5, 0.6) is 0 Å². The highest BCUT2D eigenvalue weighted by atomic mass is 15.1. The predicted molar refractivity (Wildman–Crippen MR) is 120 cm³/mol. The smallest absolute Gasteiger partial charge is 0.140 e. The van der Waals surface area contributed by atoms with Gasteiger partial charge in [0.25, 0.3) is 0 Å². The minimum atomic E-state index is 0.796. The zero-order valence-electron chi connectivity index (χ0n) is 16.6. The van der Waals surface area contributed by atoms with E-state index in [4.69, 9.17) is 0 Å². The summed E-state index contributed by atoms with van der Waals surface area (Å²) in [6.07, 6.45) is 7.80. The van der Waals surface area contributed by atoms with Gasteiger partial charge in [0.2, 0.25) is 0 Å². The average molecular weight is 390 g/mol. The lowest BCUT2D eigenvalue weighted by atomic mass is 10.1. The van der Waals surface area contributed by atoms with Crippen LogP contribution in [-0.4, -0.2) is 19.1 Å². The molecule has 0 atom stereocenters. The van der Waals surface area contributed by atoms with Gasteiger partial charge in [0.05, 0.1) is 0 Å². The van der Waals surface area contributed by atoms with Crippen molar-refractivity contribution in [1.82, 2.24) is 19.1 Å². The molecular formula is C26H22N4. The topological polar surface area (TPSA) is 35.6 Å². The molecule has 4 nitrogen and oxygen atoms in total.